The predicted molar refractivity (Wildman–Crippen MR) is 91.7 cm³/mol. The molecule has 0 radical (unpaired) electrons. The van der Waals surface area contributed by atoms with Crippen molar-refractivity contribution in [1.29, 1.82) is 0 Å². The highest BCUT2D eigenvalue weighted by atomic mass is 19.4. The highest BCUT2D eigenvalue weighted by Gasteiger charge is 2.32. The summed E-state index contributed by atoms with van der Waals surface area (Å²) in [7, 11) is 0. The molecule has 0 saturated heterocycles. The van der Waals surface area contributed by atoms with Crippen molar-refractivity contribution in [2.24, 2.45) is 0 Å². The van der Waals surface area contributed by atoms with Crippen LogP contribution >= 0.6 is 0 Å². The van der Waals surface area contributed by atoms with E-state index in [2.05, 4.69) is 9.97 Å². The molecule has 0 atom stereocenters. The number of anilines is 1. The maximum absolute atomic E-state index is 12.7. The number of nitrogens with two attached hydrogens (primary N) is 1. The van der Waals surface area contributed by atoms with Gasteiger partial charge in [-0.15, -0.1) is 0 Å². The molecule has 2 N–H and O–H groups in total. The number of pyridine rings is 2. The Hall–Kier alpha value is -2.89. The Morgan fingerprint density at radius 2 is 1.56 bits per heavy atom. The van der Waals surface area contributed by atoms with Crippen LogP contribution in [0.5, 0.6) is 0 Å². The SMILES string of the molecule is CCc1cc(-c2ccccc2-c2ccc(C(F)(F)F)nc2)cnc1N. The predicted octanol–water partition coefficient (Wildman–Crippen LogP) is 4.97. The quantitative estimate of drug-likeness (QED) is 0.730. The molecule has 0 amide bonds. The third kappa shape index (κ3) is 3.47. The number of aryl methyl sites for hydroxylation is 1. The summed E-state index contributed by atoms with van der Waals surface area (Å²) in [5, 5.41) is 0. The van der Waals surface area contributed by atoms with Crippen molar-refractivity contribution in [3.63, 3.8) is 0 Å². The van der Waals surface area contributed by atoms with Gasteiger partial charge in [0, 0.05) is 23.5 Å². The van der Waals surface area contributed by atoms with E-state index in [4.69, 9.17) is 5.73 Å². The van der Waals surface area contributed by atoms with Crippen LogP contribution in [0.4, 0.5) is 19.0 Å². The third-order valence-electron chi connectivity index (χ3n) is 3.99. The Kier molecular flexibility index (Phi) is 4.44. The summed E-state index contributed by atoms with van der Waals surface area (Å²) in [5.74, 6) is 0.486. The average Bonchev–Trinajstić information content (AvgIpc) is 2.61. The molecule has 128 valence electrons. The Balaban J connectivity index is 2.08. The van der Waals surface area contributed by atoms with Crippen LogP contribution in [0, 0.1) is 0 Å². The van der Waals surface area contributed by atoms with Gasteiger partial charge in [-0.1, -0.05) is 37.3 Å². The number of nitrogen functional groups attached to an aromatic ring is 1. The molecule has 0 bridgehead atoms. The molecule has 0 aliphatic heterocycles. The Bertz CT molecular complexity index is 887. The van der Waals surface area contributed by atoms with Crippen LogP contribution in [0.2, 0.25) is 0 Å². The molecule has 0 spiro atoms. The maximum atomic E-state index is 12.7. The highest BCUT2D eigenvalue weighted by Crippen LogP contribution is 2.34. The molecular formula is C19H16F3N3. The molecular weight excluding hydrogens is 327 g/mol. The van der Waals surface area contributed by atoms with E-state index in [9.17, 15) is 13.2 Å². The van der Waals surface area contributed by atoms with Crippen LogP contribution in [0.3, 0.4) is 0 Å². The molecule has 3 nitrogen and oxygen atoms in total. The van der Waals surface area contributed by atoms with Gasteiger partial charge in [0.25, 0.3) is 0 Å². The first-order valence-electron chi connectivity index (χ1n) is 7.77. The lowest BCUT2D eigenvalue weighted by atomic mass is 9.95. The molecule has 3 rings (SSSR count). The summed E-state index contributed by atoms with van der Waals surface area (Å²) in [6.45, 7) is 1.99. The number of aromatic nitrogens is 2. The summed E-state index contributed by atoms with van der Waals surface area (Å²) in [4.78, 5) is 7.77. The molecule has 0 fully saturated rings. The fraction of sp³-hybridized carbons (Fsp3) is 0.158. The molecule has 0 aliphatic rings. The lowest BCUT2D eigenvalue weighted by molar-refractivity contribution is -0.141. The molecule has 0 unspecified atom stereocenters. The summed E-state index contributed by atoms with van der Waals surface area (Å²) < 4.78 is 38.1. The first kappa shape index (κ1) is 17.0. The molecule has 1 aromatic carbocycles. The van der Waals surface area contributed by atoms with Crippen molar-refractivity contribution in [1.82, 2.24) is 9.97 Å². The molecule has 6 heteroatoms. The third-order valence-corrected chi connectivity index (χ3v) is 3.99. The number of hydrogen-bond donors (Lipinski definition) is 1. The first-order chi connectivity index (χ1) is 11.9. The Morgan fingerprint density at radius 1 is 0.920 bits per heavy atom. The van der Waals surface area contributed by atoms with Crippen molar-refractivity contribution >= 4 is 5.82 Å². The molecule has 2 aromatic heterocycles. The van der Waals surface area contributed by atoms with E-state index in [1.54, 1.807) is 6.20 Å². The summed E-state index contributed by atoms with van der Waals surface area (Å²) in [6.07, 6.45) is -0.788. The smallest absolute Gasteiger partial charge is 0.383 e. The number of benzene rings is 1. The largest absolute Gasteiger partial charge is 0.433 e. The molecule has 3 aromatic rings. The van der Waals surface area contributed by atoms with Crippen molar-refractivity contribution < 1.29 is 13.2 Å². The van der Waals surface area contributed by atoms with Crippen LogP contribution < -0.4 is 5.73 Å². The first-order valence-corrected chi connectivity index (χ1v) is 7.77. The van der Waals surface area contributed by atoms with Gasteiger partial charge in [0.15, 0.2) is 0 Å². The van der Waals surface area contributed by atoms with Crippen LogP contribution in [-0.4, -0.2) is 9.97 Å². The van der Waals surface area contributed by atoms with Gasteiger partial charge in [-0.2, -0.15) is 13.2 Å². The fourth-order valence-corrected chi connectivity index (χ4v) is 2.66. The van der Waals surface area contributed by atoms with Crippen molar-refractivity contribution in [3.05, 3.63) is 66.1 Å². The minimum Gasteiger partial charge on any atom is -0.383 e. The molecule has 0 saturated carbocycles. The minimum absolute atomic E-state index is 0.486. The lowest BCUT2D eigenvalue weighted by Gasteiger charge is -2.12. The highest BCUT2D eigenvalue weighted by molar-refractivity contribution is 5.83. The zero-order valence-electron chi connectivity index (χ0n) is 13.5. The van der Waals surface area contributed by atoms with E-state index >= 15 is 0 Å². The van der Waals surface area contributed by atoms with Gasteiger partial charge < -0.3 is 5.73 Å². The number of hydrogen-bond acceptors (Lipinski definition) is 3. The van der Waals surface area contributed by atoms with Gasteiger partial charge >= 0.3 is 6.18 Å². The second-order valence-corrected chi connectivity index (χ2v) is 5.60. The number of halogens is 3. The summed E-state index contributed by atoms with van der Waals surface area (Å²) >= 11 is 0. The maximum Gasteiger partial charge on any atom is 0.433 e. The van der Waals surface area contributed by atoms with Gasteiger partial charge in [0.1, 0.15) is 11.5 Å². The van der Waals surface area contributed by atoms with Gasteiger partial charge in [-0.05, 0) is 35.2 Å². The van der Waals surface area contributed by atoms with Gasteiger partial charge in [-0.25, -0.2) is 4.98 Å². The van der Waals surface area contributed by atoms with E-state index < -0.39 is 11.9 Å². The standard InChI is InChI=1S/C19H16F3N3/c1-2-12-9-14(11-25-18(12)23)16-6-4-3-5-15(16)13-7-8-17(24-10-13)19(20,21)22/h3-11H,2H2,1H3,(H2,23,25). The Morgan fingerprint density at radius 3 is 2.12 bits per heavy atom. The number of nitrogens with zero attached hydrogens (tertiary/aromatic N) is 2. The zero-order valence-corrected chi connectivity index (χ0v) is 13.5. The van der Waals surface area contributed by atoms with E-state index in [-0.39, 0.29) is 0 Å². The second-order valence-electron chi connectivity index (χ2n) is 5.60. The zero-order chi connectivity index (χ0) is 18.0. The summed E-state index contributed by atoms with van der Waals surface area (Å²) in [6, 6.07) is 11.8. The number of rotatable bonds is 3. The summed E-state index contributed by atoms with van der Waals surface area (Å²) in [5.41, 5.74) is 9.01. The monoisotopic (exact) mass is 343 g/mol. The van der Waals surface area contributed by atoms with Crippen LogP contribution in [-0.2, 0) is 12.6 Å². The van der Waals surface area contributed by atoms with Crippen molar-refractivity contribution in [3.8, 4) is 22.3 Å². The van der Waals surface area contributed by atoms with Gasteiger partial charge in [0.2, 0.25) is 0 Å². The minimum atomic E-state index is -4.45. The lowest BCUT2D eigenvalue weighted by Crippen LogP contribution is -2.07. The van der Waals surface area contributed by atoms with Crippen LogP contribution in [0.15, 0.2) is 54.9 Å². The van der Waals surface area contributed by atoms with Gasteiger partial charge in [0.05, 0.1) is 0 Å². The average molecular weight is 343 g/mol. The molecule has 25 heavy (non-hydrogen) atoms. The van der Waals surface area contributed by atoms with E-state index in [1.807, 2.05) is 37.3 Å². The van der Waals surface area contributed by atoms with E-state index in [0.717, 1.165) is 34.7 Å². The molecule has 2 heterocycles. The normalized spacial score (nSPS) is 11.5. The van der Waals surface area contributed by atoms with E-state index in [0.29, 0.717) is 11.4 Å². The fourth-order valence-electron chi connectivity index (χ4n) is 2.66. The molecule has 0 aliphatic carbocycles. The van der Waals surface area contributed by atoms with Crippen LogP contribution in [0.25, 0.3) is 22.3 Å². The van der Waals surface area contributed by atoms with Crippen molar-refractivity contribution in [2.75, 3.05) is 5.73 Å². The second kappa shape index (κ2) is 6.55. The van der Waals surface area contributed by atoms with E-state index in [1.165, 1.54) is 12.3 Å². The number of alkyl halides is 3. The van der Waals surface area contributed by atoms with Crippen molar-refractivity contribution in [2.45, 2.75) is 19.5 Å². The Labute approximate surface area is 143 Å². The van der Waals surface area contributed by atoms with Crippen LogP contribution in [0.1, 0.15) is 18.2 Å². The topological polar surface area (TPSA) is 51.8 Å². The van der Waals surface area contributed by atoms with Gasteiger partial charge in [-0.3, -0.25) is 4.98 Å².